The van der Waals surface area contributed by atoms with Gasteiger partial charge in [0.05, 0.1) is 12.1 Å². The lowest BCUT2D eigenvalue weighted by atomic mass is 10.2. The van der Waals surface area contributed by atoms with Crippen LogP contribution in [0.15, 0.2) is 18.2 Å². The van der Waals surface area contributed by atoms with Crippen molar-refractivity contribution in [2.24, 2.45) is 0 Å². The number of nitrogens with two attached hydrogens (primary N) is 1. The third-order valence-electron chi connectivity index (χ3n) is 2.43. The number of rotatable bonds is 5. The molecule has 0 saturated carbocycles. The van der Waals surface area contributed by atoms with Crippen molar-refractivity contribution >= 4 is 11.4 Å². The van der Waals surface area contributed by atoms with Gasteiger partial charge in [0.25, 0.3) is 0 Å². The third-order valence-corrected chi connectivity index (χ3v) is 2.43. The van der Waals surface area contributed by atoms with E-state index in [1.807, 2.05) is 32.9 Å². The first-order valence-electron chi connectivity index (χ1n) is 6.11. The Balaban J connectivity index is 2.13. The fourth-order valence-corrected chi connectivity index (χ4v) is 1.71. The predicted molar refractivity (Wildman–Crippen MR) is 72.8 cm³/mol. The molecule has 19 heavy (non-hydrogen) atoms. The molecule has 0 fully saturated rings. The number of hydrogen-bond donors (Lipinski definition) is 3. The van der Waals surface area contributed by atoms with Gasteiger partial charge in [-0.05, 0) is 26.8 Å². The minimum absolute atomic E-state index is 0.0764. The van der Waals surface area contributed by atoms with E-state index in [0.29, 0.717) is 11.5 Å². The van der Waals surface area contributed by atoms with E-state index in [1.165, 1.54) is 0 Å². The average molecular weight is 262 g/mol. The van der Waals surface area contributed by atoms with E-state index in [2.05, 4.69) is 25.9 Å². The van der Waals surface area contributed by atoms with Gasteiger partial charge in [-0.15, -0.1) is 10.2 Å². The van der Waals surface area contributed by atoms with E-state index in [-0.39, 0.29) is 12.1 Å². The number of anilines is 2. The second-order valence-electron chi connectivity index (χ2n) is 4.59. The normalized spacial score (nSPS) is 12.4. The van der Waals surface area contributed by atoms with Gasteiger partial charge in [0, 0.05) is 23.5 Å². The Morgan fingerprint density at radius 2 is 2.05 bits per heavy atom. The van der Waals surface area contributed by atoms with Crippen molar-refractivity contribution in [2.45, 2.75) is 32.9 Å². The van der Waals surface area contributed by atoms with Gasteiger partial charge >= 0.3 is 0 Å². The molecule has 1 heterocycles. The zero-order valence-corrected chi connectivity index (χ0v) is 11.2. The van der Waals surface area contributed by atoms with Gasteiger partial charge in [-0.25, -0.2) is 0 Å². The highest BCUT2D eigenvalue weighted by atomic mass is 16.5. The second kappa shape index (κ2) is 5.55. The van der Waals surface area contributed by atoms with Crippen LogP contribution in [0.3, 0.4) is 0 Å². The highest BCUT2D eigenvalue weighted by molar-refractivity contribution is 5.59. The number of ether oxygens (including phenoxy) is 1. The lowest BCUT2D eigenvalue weighted by Gasteiger charge is -2.15. The highest BCUT2D eigenvalue weighted by Gasteiger charge is 2.11. The minimum Gasteiger partial charge on any atom is -0.491 e. The lowest BCUT2D eigenvalue weighted by molar-refractivity contribution is 0.242. The molecule has 0 radical (unpaired) electrons. The first-order chi connectivity index (χ1) is 9.04. The van der Waals surface area contributed by atoms with Crippen molar-refractivity contribution in [3.05, 3.63) is 24.0 Å². The summed E-state index contributed by atoms with van der Waals surface area (Å²) in [5.74, 6) is 1.33. The van der Waals surface area contributed by atoms with Crippen LogP contribution in [0, 0.1) is 0 Å². The van der Waals surface area contributed by atoms with E-state index < -0.39 is 0 Å². The molecule has 4 N–H and O–H groups in total. The number of benzene rings is 1. The highest BCUT2D eigenvalue weighted by Crippen LogP contribution is 2.25. The first-order valence-corrected chi connectivity index (χ1v) is 6.11. The summed E-state index contributed by atoms with van der Waals surface area (Å²) in [6.45, 7) is 5.88. The zero-order chi connectivity index (χ0) is 13.8. The van der Waals surface area contributed by atoms with Crippen molar-refractivity contribution in [1.82, 2.24) is 20.6 Å². The minimum atomic E-state index is -0.0764. The molecule has 0 spiro atoms. The number of hydrogen-bond acceptors (Lipinski definition) is 6. The van der Waals surface area contributed by atoms with Gasteiger partial charge < -0.3 is 15.8 Å². The molecular formula is C12H18N6O. The summed E-state index contributed by atoms with van der Waals surface area (Å²) in [5, 5.41) is 17.1. The van der Waals surface area contributed by atoms with Crippen molar-refractivity contribution < 1.29 is 4.74 Å². The number of aromatic amines is 1. The SMILES string of the molecule is CC(C)Oc1cc(N)cc(NC(C)c2nn[nH]n2)c1. The number of nitrogen functional groups attached to an aromatic ring is 1. The Morgan fingerprint density at radius 3 is 2.68 bits per heavy atom. The van der Waals surface area contributed by atoms with Crippen molar-refractivity contribution in [3.8, 4) is 5.75 Å². The molecule has 0 aliphatic rings. The summed E-state index contributed by atoms with van der Waals surface area (Å²) in [4.78, 5) is 0. The molecule has 1 aromatic carbocycles. The third kappa shape index (κ3) is 3.57. The van der Waals surface area contributed by atoms with Crippen LogP contribution in [-0.2, 0) is 0 Å². The Labute approximate surface area is 111 Å². The molecule has 0 aliphatic carbocycles. The zero-order valence-electron chi connectivity index (χ0n) is 11.2. The van der Waals surface area contributed by atoms with E-state index in [9.17, 15) is 0 Å². The van der Waals surface area contributed by atoms with Gasteiger partial charge in [0.15, 0.2) is 5.82 Å². The summed E-state index contributed by atoms with van der Waals surface area (Å²) in [6.07, 6.45) is 0.101. The second-order valence-corrected chi connectivity index (χ2v) is 4.59. The molecule has 0 aliphatic heterocycles. The van der Waals surface area contributed by atoms with E-state index >= 15 is 0 Å². The van der Waals surface area contributed by atoms with Crippen molar-refractivity contribution in [1.29, 1.82) is 0 Å². The maximum atomic E-state index is 5.86. The fourth-order valence-electron chi connectivity index (χ4n) is 1.71. The van der Waals surface area contributed by atoms with E-state index in [1.54, 1.807) is 6.07 Å². The topological polar surface area (TPSA) is 102 Å². The number of aromatic nitrogens is 4. The quantitative estimate of drug-likeness (QED) is 0.709. The maximum Gasteiger partial charge on any atom is 0.196 e. The Morgan fingerprint density at radius 1 is 1.26 bits per heavy atom. The standard InChI is InChI=1S/C12H18N6O/c1-7(2)19-11-5-9(13)4-10(6-11)14-8(3)12-15-17-18-16-12/h4-8,14H,13H2,1-3H3,(H,15,16,17,18). The van der Waals surface area contributed by atoms with E-state index in [0.717, 1.165) is 11.4 Å². The Kier molecular flexibility index (Phi) is 3.84. The molecule has 0 bridgehead atoms. The molecule has 1 unspecified atom stereocenters. The largest absolute Gasteiger partial charge is 0.491 e. The molecule has 7 nitrogen and oxygen atoms in total. The summed E-state index contributed by atoms with van der Waals surface area (Å²) < 4.78 is 5.64. The summed E-state index contributed by atoms with van der Waals surface area (Å²) in [5.41, 5.74) is 7.35. The van der Waals surface area contributed by atoms with Crippen molar-refractivity contribution in [2.75, 3.05) is 11.1 Å². The van der Waals surface area contributed by atoms with Crippen LogP contribution in [0.2, 0.25) is 0 Å². The van der Waals surface area contributed by atoms with Crippen LogP contribution in [0.5, 0.6) is 5.75 Å². The fraction of sp³-hybridized carbons (Fsp3) is 0.417. The molecule has 102 valence electrons. The maximum absolute atomic E-state index is 5.86. The van der Waals surface area contributed by atoms with Crippen LogP contribution < -0.4 is 15.8 Å². The van der Waals surface area contributed by atoms with E-state index in [4.69, 9.17) is 10.5 Å². The smallest absolute Gasteiger partial charge is 0.196 e. The first kappa shape index (κ1) is 13.1. The van der Waals surface area contributed by atoms with Crippen LogP contribution in [-0.4, -0.2) is 26.7 Å². The van der Waals surface area contributed by atoms with Crippen LogP contribution in [0.25, 0.3) is 0 Å². The molecule has 1 atom stereocenters. The van der Waals surface area contributed by atoms with Gasteiger partial charge in [-0.3, -0.25) is 0 Å². The number of nitrogens with zero attached hydrogens (tertiary/aromatic N) is 3. The summed E-state index contributed by atoms with van der Waals surface area (Å²) >= 11 is 0. The van der Waals surface area contributed by atoms with Gasteiger partial charge in [-0.2, -0.15) is 5.21 Å². The summed E-state index contributed by atoms with van der Waals surface area (Å²) in [7, 11) is 0. The van der Waals surface area contributed by atoms with Crippen molar-refractivity contribution in [3.63, 3.8) is 0 Å². The molecule has 0 amide bonds. The molecular weight excluding hydrogens is 244 g/mol. The molecule has 0 saturated heterocycles. The molecule has 2 aromatic rings. The number of H-pyrrole nitrogens is 1. The predicted octanol–water partition coefficient (Wildman–Crippen LogP) is 1.74. The van der Waals surface area contributed by atoms with Gasteiger partial charge in [0.2, 0.25) is 0 Å². The van der Waals surface area contributed by atoms with Crippen LogP contribution in [0.4, 0.5) is 11.4 Å². The number of nitrogens with one attached hydrogen (secondary N) is 2. The lowest BCUT2D eigenvalue weighted by Crippen LogP contribution is -2.10. The molecule has 1 aromatic heterocycles. The summed E-state index contributed by atoms with van der Waals surface area (Å²) in [6, 6.07) is 5.45. The molecule has 2 rings (SSSR count). The average Bonchev–Trinajstić information content (AvgIpc) is 2.79. The number of tetrazole rings is 1. The van der Waals surface area contributed by atoms with Crippen LogP contribution >= 0.6 is 0 Å². The van der Waals surface area contributed by atoms with Gasteiger partial charge in [-0.1, -0.05) is 5.21 Å². The molecule has 7 heteroatoms. The Bertz CT molecular complexity index is 525. The van der Waals surface area contributed by atoms with Gasteiger partial charge in [0.1, 0.15) is 5.75 Å². The Hall–Kier alpha value is -2.31. The van der Waals surface area contributed by atoms with Crippen LogP contribution in [0.1, 0.15) is 32.6 Å². The monoisotopic (exact) mass is 262 g/mol.